The van der Waals surface area contributed by atoms with E-state index >= 15 is 0 Å². The third-order valence-corrected chi connectivity index (χ3v) is 4.22. The van der Waals surface area contributed by atoms with Gasteiger partial charge in [-0.05, 0) is 43.9 Å². The van der Waals surface area contributed by atoms with E-state index in [2.05, 4.69) is 20.6 Å². The topological polar surface area (TPSA) is 119 Å². The fraction of sp³-hybridized carbons (Fsp3) is 0.353. The molecule has 1 aliphatic carbocycles. The maximum absolute atomic E-state index is 11.6. The molecule has 1 heterocycles. The van der Waals surface area contributed by atoms with Gasteiger partial charge in [0.25, 0.3) is 5.91 Å². The number of amides is 1. The van der Waals surface area contributed by atoms with Gasteiger partial charge in [-0.1, -0.05) is 12.1 Å². The van der Waals surface area contributed by atoms with E-state index in [-0.39, 0.29) is 17.6 Å². The lowest BCUT2D eigenvalue weighted by Crippen LogP contribution is -2.35. The Kier molecular flexibility index (Phi) is 4.61. The number of aromatic nitrogens is 2. The van der Waals surface area contributed by atoms with Crippen LogP contribution in [-0.2, 0) is 0 Å². The highest BCUT2D eigenvalue weighted by atomic mass is 16.1. The zero-order chi connectivity index (χ0) is 17.1. The van der Waals surface area contributed by atoms with E-state index in [4.69, 9.17) is 11.5 Å². The molecule has 0 spiro atoms. The first-order chi connectivity index (χ1) is 11.5. The summed E-state index contributed by atoms with van der Waals surface area (Å²) in [5.74, 6) is 0.254. The number of anilines is 3. The van der Waals surface area contributed by atoms with Crippen molar-refractivity contribution < 1.29 is 4.79 Å². The Morgan fingerprint density at radius 1 is 1.33 bits per heavy atom. The Hall–Kier alpha value is -2.67. The smallest absolute Gasteiger partial charge is 0.254 e. The highest BCUT2D eigenvalue weighted by Crippen LogP contribution is 2.23. The summed E-state index contributed by atoms with van der Waals surface area (Å²) in [6, 6.07) is 8.04. The number of aryl methyl sites for hydroxylation is 1. The van der Waals surface area contributed by atoms with Crippen LogP contribution in [0.25, 0.3) is 0 Å². The van der Waals surface area contributed by atoms with Crippen LogP contribution < -0.4 is 22.1 Å². The molecule has 7 heteroatoms. The summed E-state index contributed by atoms with van der Waals surface area (Å²) < 4.78 is 0. The van der Waals surface area contributed by atoms with Gasteiger partial charge in [-0.15, -0.1) is 0 Å². The Labute approximate surface area is 140 Å². The van der Waals surface area contributed by atoms with E-state index in [0.717, 1.165) is 30.5 Å². The molecule has 0 bridgehead atoms. The molecule has 6 N–H and O–H groups in total. The largest absolute Gasteiger partial charge is 0.365 e. The highest BCUT2D eigenvalue weighted by Gasteiger charge is 2.24. The Balaban J connectivity index is 1.87. The first kappa shape index (κ1) is 16.2. The first-order valence-corrected chi connectivity index (χ1v) is 8.05. The Morgan fingerprint density at radius 3 is 2.83 bits per heavy atom. The lowest BCUT2D eigenvalue weighted by Gasteiger charge is -2.18. The third-order valence-electron chi connectivity index (χ3n) is 4.22. The Bertz CT molecular complexity index is 748. The lowest BCUT2D eigenvalue weighted by atomic mass is 10.2. The summed E-state index contributed by atoms with van der Waals surface area (Å²) in [5, 5.41) is 6.40. The summed E-state index contributed by atoms with van der Waals surface area (Å²) in [4.78, 5) is 20.3. The van der Waals surface area contributed by atoms with Gasteiger partial charge < -0.3 is 22.1 Å². The van der Waals surface area contributed by atoms with Gasteiger partial charge in [0.05, 0.1) is 0 Å². The minimum atomic E-state index is -0.575. The molecule has 126 valence electrons. The monoisotopic (exact) mass is 326 g/mol. The molecule has 0 unspecified atom stereocenters. The number of nitrogens with two attached hydrogens (primary N) is 2. The molecule has 0 radical (unpaired) electrons. The van der Waals surface area contributed by atoms with Crippen LogP contribution in [0.5, 0.6) is 0 Å². The number of nitrogens with one attached hydrogen (secondary N) is 2. The fourth-order valence-electron chi connectivity index (χ4n) is 2.92. The van der Waals surface area contributed by atoms with Crippen LogP contribution in [0.3, 0.4) is 0 Å². The maximum atomic E-state index is 11.6. The number of benzene rings is 1. The number of hydrogen-bond acceptors (Lipinski definition) is 6. The third kappa shape index (κ3) is 3.62. The average molecular weight is 326 g/mol. The van der Waals surface area contributed by atoms with Crippen molar-refractivity contribution in [1.29, 1.82) is 0 Å². The molecular formula is C17H22N6O. The Morgan fingerprint density at radius 2 is 2.17 bits per heavy atom. The molecule has 3 rings (SSSR count). The highest BCUT2D eigenvalue weighted by molar-refractivity contribution is 5.98. The predicted molar refractivity (Wildman–Crippen MR) is 94.2 cm³/mol. The van der Waals surface area contributed by atoms with Gasteiger partial charge in [0.15, 0.2) is 0 Å². The molecule has 2 atom stereocenters. The minimum Gasteiger partial charge on any atom is -0.365 e. The van der Waals surface area contributed by atoms with E-state index in [9.17, 15) is 4.79 Å². The SMILES string of the molecule is Cc1cccc(Nc2nc(N[C@@H]3CCC[C@@H]3N)ncc2C(N)=O)c1. The second-order valence-electron chi connectivity index (χ2n) is 6.16. The molecule has 2 aromatic rings. The molecule has 7 nitrogen and oxygen atoms in total. The van der Waals surface area contributed by atoms with Crippen molar-refractivity contribution in [2.24, 2.45) is 11.5 Å². The van der Waals surface area contributed by atoms with Crippen LogP contribution in [0, 0.1) is 6.92 Å². The lowest BCUT2D eigenvalue weighted by molar-refractivity contribution is 0.100. The average Bonchev–Trinajstić information content (AvgIpc) is 2.92. The van der Waals surface area contributed by atoms with E-state index in [1.807, 2.05) is 31.2 Å². The number of rotatable bonds is 5. The molecule has 1 fully saturated rings. The standard InChI is InChI=1S/C17H22N6O/c1-10-4-2-5-11(8-10)21-16-12(15(19)24)9-20-17(23-16)22-14-7-3-6-13(14)18/h2,4-5,8-9,13-14H,3,6-7,18H2,1H3,(H2,19,24)(H2,20,21,22,23)/t13-,14+/m0/s1. The number of carbonyl (C=O) groups is 1. The second-order valence-corrected chi connectivity index (χ2v) is 6.16. The zero-order valence-electron chi connectivity index (χ0n) is 13.6. The fourth-order valence-corrected chi connectivity index (χ4v) is 2.92. The second kappa shape index (κ2) is 6.84. The van der Waals surface area contributed by atoms with Crippen LogP contribution in [0.15, 0.2) is 30.5 Å². The normalized spacial score (nSPS) is 19.9. The minimum absolute atomic E-state index is 0.0950. The van der Waals surface area contributed by atoms with Crippen molar-refractivity contribution in [2.75, 3.05) is 10.6 Å². The van der Waals surface area contributed by atoms with Gasteiger partial charge in [-0.2, -0.15) is 4.98 Å². The predicted octanol–water partition coefficient (Wildman–Crippen LogP) is 1.92. The van der Waals surface area contributed by atoms with Crippen molar-refractivity contribution in [3.63, 3.8) is 0 Å². The molecule has 1 aliphatic rings. The van der Waals surface area contributed by atoms with Gasteiger partial charge in [-0.3, -0.25) is 4.79 Å². The summed E-state index contributed by atoms with van der Waals surface area (Å²) in [5.41, 5.74) is 13.7. The quantitative estimate of drug-likeness (QED) is 0.666. The number of primary amides is 1. The van der Waals surface area contributed by atoms with E-state index in [1.54, 1.807) is 0 Å². The van der Waals surface area contributed by atoms with E-state index in [1.165, 1.54) is 6.20 Å². The molecule has 1 aromatic heterocycles. The molecule has 1 amide bonds. The summed E-state index contributed by atoms with van der Waals surface area (Å²) in [7, 11) is 0. The van der Waals surface area contributed by atoms with Crippen molar-refractivity contribution >= 4 is 23.4 Å². The first-order valence-electron chi connectivity index (χ1n) is 8.05. The van der Waals surface area contributed by atoms with Crippen LogP contribution in [0.4, 0.5) is 17.5 Å². The van der Waals surface area contributed by atoms with E-state index in [0.29, 0.717) is 11.8 Å². The van der Waals surface area contributed by atoms with Gasteiger partial charge in [0.1, 0.15) is 11.4 Å². The van der Waals surface area contributed by atoms with Crippen molar-refractivity contribution in [3.8, 4) is 0 Å². The van der Waals surface area contributed by atoms with Crippen molar-refractivity contribution in [1.82, 2.24) is 9.97 Å². The van der Waals surface area contributed by atoms with E-state index < -0.39 is 5.91 Å². The van der Waals surface area contributed by atoms with Crippen LogP contribution in [-0.4, -0.2) is 28.0 Å². The molecule has 1 aromatic carbocycles. The summed E-state index contributed by atoms with van der Waals surface area (Å²) in [6.07, 6.45) is 4.51. The van der Waals surface area contributed by atoms with Crippen molar-refractivity contribution in [2.45, 2.75) is 38.3 Å². The summed E-state index contributed by atoms with van der Waals surface area (Å²) >= 11 is 0. The van der Waals surface area contributed by atoms with Gasteiger partial charge in [-0.25, -0.2) is 4.98 Å². The summed E-state index contributed by atoms with van der Waals surface area (Å²) in [6.45, 7) is 1.99. The molecular weight excluding hydrogens is 304 g/mol. The molecule has 0 saturated heterocycles. The van der Waals surface area contributed by atoms with Crippen molar-refractivity contribution in [3.05, 3.63) is 41.6 Å². The van der Waals surface area contributed by atoms with Crippen LogP contribution in [0.1, 0.15) is 35.2 Å². The van der Waals surface area contributed by atoms with Crippen LogP contribution in [0.2, 0.25) is 0 Å². The number of carbonyl (C=O) groups excluding carboxylic acids is 1. The van der Waals surface area contributed by atoms with Gasteiger partial charge in [0.2, 0.25) is 5.95 Å². The zero-order valence-corrected chi connectivity index (χ0v) is 13.6. The molecule has 0 aliphatic heterocycles. The number of nitrogens with zero attached hydrogens (tertiary/aromatic N) is 2. The molecule has 1 saturated carbocycles. The van der Waals surface area contributed by atoms with Gasteiger partial charge >= 0.3 is 0 Å². The van der Waals surface area contributed by atoms with Crippen LogP contribution >= 0.6 is 0 Å². The maximum Gasteiger partial charge on any atom is 0.254 e. The number of hydrogen-bond donors (Lipinski definition) is 4. The van der Waals surface area contributed by atoms with Gasteiger partial charge in [0, 0.05) is 24.0 Å². The molecule has 24 heavy (non-hydrogen) atoms.